The van der Waals surface area contributed by atoms with E-state index in [2.05, 4.69) is 51.5 Å². The van der Waals surface area contributed by atoms with Crippen molar-refractivity contribution < 1.29 is 0 Å². The van der Waals surface area contributed by atoms with Crippen molar-refractivity contribution in [1.82, 2.24) is 14.7 Å². The van der Waals surface area contributed by atoms with Gasteiger partial charge in [-0.3, -0.25) is 9.58 Å². The molecule has 1 aromatic rings. The van der Waals surface area contributed by atoms with Gasteiger partial charge in [0.05, 0.1) is 23.0 Å². The third-order valence-electron chi connectivity index (χ3n) is 4.44. The molecular weight excluding hydrogens is 272 g/mol. The Hall–Kier alpha value is -0.580. The average Bonchev–Trinajstić information content (AvgIpc) is 2.80. The molecule has 0 bridgehead atoms. The Bertz CT molecular complexity index is 426. The van der Waals surface area contributed by atoms with E-state index in [-0.39, 0.29) is 17.6 Å². The predicted molar refractivity (Wildman–Crippen MR) is 86.2 cm³/mol. The highest BCUT2D eigenvalue weighted by atomic mass is 35.5. The number of rotatable bonds is 7. The maximum Gasteiger partial charge on any atom is 0.0834 e. The third-order valence-corrected chi connectivity index (χ3v) is 4.73. The summed E-state index contributed by atoms with van der Waals surface area (Å²) in [5.74, 6) is 0. The number of aromatic nitrogens is 2. The van der Waals surface area contributed by atoms with Crippen LogP contribution >= 0.6 is 11.6 Å². The van der Waals surface area contributed by atoms with Crippen LogP contribution in [0.15, 0.2) is 6.20 Å². The molecule has 0 aromatic carbocycles. The molecule has 0 saturated carbocycles. The van der Waals surface area contributed by atoms with Gasteiger partial charge in [-0.2, -0.15) is 5.10 Å². The van der Waals surface area contributed by atoms with Crippen molar-refractivity contribution in [2.24, 2.45) is 5.73 Å². The van der Waals surface area contributed by atoms with Gasteiger partial charge in [-0.25, -0.2) is 0 Å². The molecule has 1 aromatic heterocycles. The second kappa shape index (κ2) is 6.92. The van der Waals surface area contributed by atoms with Crippen LogP contribution in [0.1, 0.15) is 65.7 Å². The number of likely N-dealkylation sites (N-methyl/N-ethyl adjacent to an activating group) is 1. The summed E-state index contributed by atoms with van der Waals surface area (Å²) in [7, 11) is 0. The minimum Gasteiger partial charge on any atom is -0.321 e. The van der Waals surface area contributed by atoms with E-state index in [0.717, 1.165) is 25.2 Å². The monoisotopic (exact) mass is 300 g/mol. The zero-order valence-electron chi connectivity index (χ0n) is 13.7. The van der Waals surface area contributed by atoms with Crippen molar-refractivity contribution in [2.45, 2.75) is 65.6 Å². The molecule has 0 aliphatic heterocycles. The molecule has 0 saturated heterocycles. The summed E-state index contributed by atoms with van der Waals surface area (Å²) in [5.41, 5.74) is 7.45. The van der Waals surface area contributed by atoms with Crippen LogP contribution in [-0.4, -0.2) is 33.3 Å². The van der Waals surface area contributed by atoms with Gasteiger partial charge in [0.25, 0.3) is 0 Å². The molecule has 1 heterocycles. The minimum absolute atomic E-state index is 0.125. The van der Waals surface area contributed by atoms with E-state index in [1.807, 2.05) is 4.68 Å². The van der Waals surface area contributed by atoms with E-state index in [4.69, 9.17) is 17.3 Å². The van der Waals surface area contributed by atoms with Gasteiger partial charge in [0.2, 0.25) is 0 Å². The molecule has 0 radical (unpaired) electrons. The van der Waals surface area contributed by atoms with Crippen molar-refractivity contribution >= 4 is 11.6 Å². The molecule has 0 spiro atoms. The molecule has 5 heteroatoms. The van der Waals surface area contributed by atoms with Crippen molar-refractivity contribution in [3.8, 4) is 0 Å². The summed E-state index contributed by atoms with van der Waals surface area (Å²) in [4.78, 5) is 2.41. The molecule has 0 fully saturated rings. The highest BCUT2D eigenvalue weighted by Crippen LogP contribution is 2.36. The second-order valence-corrected chi connectivity index (χ2v) is 6.18. The van der Waals surface area contributed by atoms with Gasteiger partial charge in [0.1, 0.15) is 0 Å². The summed E-state index contributed by atoms with van der Waals surface area (Å²) >= 11 is 6.36. The molecule has 2 N–H and O–H groups in total. The van der Waals surface area contributed by atoms with Gasteiger partial charge in [0, 0.05) is 11.6 Å². The van der Waals surface area contributed by atoms with Crippen LogP contribution in [0.4, 0.5) is 0 Å². The summed E-state index contributed by atoms with van der Waals surface area (Å²) in [5, 5.41) is 5.05. The Kier molecular flexibility index (Phi) is 6.05. The van der Waals surface area contributed by atoms with Crippen molar-refractivity contribution in [3.05, 3.63) is 16.9 Å². The first-order valence-corrected chi connectivity index (χ1v) is 7.94. The van der Waals surface area contributed by atoms with Crippen molar-refractivity contribution in [3.63, 3.8) is 0 Å². The van der Waals surface area contributed by atoms with Gasteiger partial charge >= 0.3 is 0 Å². The first kappa shape index (κ1) is 17.5. The van der Waals surface area contributed by atoms with E-state index < -0.39 is 0 Å². The van der Waals surface area contributed by atoms with E-state index in [1.165, 1.54) is 0 Å². The number of hydrogen-bond acceptors (Lipinski definition) is 3. The van der Waals surface area contributed by atoms with Crippen LogP contribution in [0.3, 0.4) is 0 Å². The van der Waals surface area contributed by atoms with Crippen LogP contribution in [0, 0.1) is 0 Å². The van der Waals surface area contributed by atoms with Crippen LogP contribution in [0.5, 0.6) is 0 Å². The van der Waals surface area contributed by atoms with Crippen LogP contribution in [0.2, 0.25) is 5.02 Å². The fourth-order valence-corrected chi connectivity index (χ4v) is 3.18. The van der Waals surface area contributed by atoms with Crippen LogP contribution in [0.25, 0.3) is 0 Å². The normalized spacial score (nSPS) is 16.7. The molecule has 0 amide bonds. The molecule has 2 atom stereocenters. The van der Waals surface area contributed by atoms with Gasteiger partial charge in [-0.1, -0.05) is 32.4 Å². The SMILES string of the molecule is CCN(CC)C(C)(CC)C(N)c1c(Cl)cnn1C(C)C. The lowest BCUT2D eigenvalue weighted by Gasteiger charge is -2.44. The molecule has 4 nitrogen and oxygen atoms in total. The van der Waals surface area contributed by atoms with E-state index in [9.17, 15) is 0 Å². The van der Waals surface area contributed by atoms with E-state index in [1.54, 1.807) is 6.20 Å². The Morgan fingerprint density at radius 2 is 1.90 bits per heavy atom. The van der Waals surface area contributed by atoms with Gasteiger partial charge < -0.3 is 5.73 Å². The maximum atomic E-state index is 6.63. The van der Waals surface area contributed by atoms with Crippen LogP contribution < -0.4 is 5.73 Å². The predicted octanol–water partition coefficient (Wildman–Crippen LogP) is 3.63. The Morgan fingerprint density at radius 3 is 2.30 bits per heavy atom. The fourth-order valence-electron chi connectivity index (χ4n) is 2.93. The summed E-state index contributed by atoms with van der Waals surface area (Å²) in [6, 6.07) is 0.0890. The lowest BCUT2D eigenvalue weighted by Crippen LogP contribution is -2.53. The Labute approximate surface area is 128 Å². The maximum absolute atomic E-state index is 6.63. The molecule has 0 aliphatic rings. The third kappa shape index (κ3) is 3.02. The Morgan fingerprint density at radius 1 is 1.35 bits per heavy atom. The number of nitrogens with two attached hydrogens (primary N) is 1. The largest absolute Gasteiger partial charge is 0.321 e. The fraction of sp³-hybridized carbons (Fsp3) is 0.800. The lowest BCUT2D eigenvalue weighted by molar-refractivity contribution is 0.0809. The average molecular weight is 301 g/mol. The van der Waals surface area contributed by atoms with E-state index in [0.29, 0.717) is 5.02 Å². The quantitative estimate of drug-likeness (QED) is 0.836. The number of hydrogen-bond donors (Lipinski definition) is 1. The zero-order chi connectivity index (χ0) is 15.5. The summed E-state index contributed by atoms with van der Waals surface area (Å²) < 4.78 is 1.95. The van der Waals surface area contributed by atoms with Crippen molar-refractivity contribution in [1.29, 1.82) is 0 Å². The smallest absolute Gasteiger partial charge is 0.0834 e. The lowest BCUT2D eigenvalue weighted by atomic mass is 9.85. The van der Waals surface area contributed by atoms with Gasteiger partial charge in [0.15, 0.2) is 0 Å². The molecule has 0 aliphatic carbocycles. The summed E-state index contributed by atoms with van der Waals surface area (Å²) in [6.07, 6.45) is 2.67. The summed E-state index contributed by atoms with van der Waals surface area (Å²) in [6.45, 7) is 14.9. The number of halogens is 1. The van der Waals surface area contributed by atoms with Crippen LogP contribution in [-0.2, 0) is 0 Å². The molecule has 2 unspecified atom stereocenters. The minimum atomic E-state index is -0.162. The highest BCUT2D eigenvalue weighted by molar-refractivity contribution is 6.31. The van der Waals surface area contributed by atoms with E-state index >= 15 is 0 Å². The molecule has 20 heavy (non-hydrogen) atoms. The first-order chi connectivity index (χ1) is 9.33. The van der Waals surface area contributed by atoms with Gasteiger partial charge in [-0.15, -0.1) is 0 Å². The van der Waals surface area contributed by atoms with Gasteiger partial charge in [-0.05, 0) is 40.3 Å². The number of nitrogens with zero attached hydrogens (tertiary/aromatic N) is 3. The molecule has 1 rings (SSSR count). The molecular formula is C15H29ClN4. The standard InChI is InChI=1S/C15H29ClN4/c1-7-15(6,19(8-2)9-3)14(17)13-12(16)10-18-20(13)11(4)5/h10-11,14H,7-9,17H2,1-6H3. The highest BCUT2D eigenvalue weighted by Gasteiger charge is 2.38. The Balaban J connectivity index is 3.27. The molecule has 116 valence electrons. The zero-order valence-corrected chi connectivity index (χ0v) is 14.4. The topological polar surface area (TPSA) is 47.1 Å². The first-order valence-electron chi connectivity index (χ1n) is 7.56. The van der Waals surface area contributed by atoms with Crippen molar-refractivity contribution in [2.75, 3.05) is 13.1 Å². The second-order valence-electron chi connectivity index (χ2n) is 5.78.